The van der Waals surface area contributed by atoms with Crippen molar-refractivity contribution < 1.29 is 18.9 Å². The summed E-state index contributed by atoms with van der Waals surface area (Å²) in [7, 11) is 0. The third-order valence-corrected chi connectivity index (χ3v) is 24.0. The lowest BCUT2D eigenvalue weighted by atomic mass is 9.98. The molecule has 7 heterocycles. The minimum atomic E-state index is -0.681. The van der Waals surface area contributed by atoms with Crippen LogP contribution < -0.4 is 18.9 Å². The highest BCUT2D eigenvalue weighted by molar-refractivity contribution is 14.1. The van der Waals surface area contributed by atoms with Crippen molar-refractivity contribution in [2.75, 3.05) is 0 Å². The topological polar surface area (TPSA) is 94.3 Å². The lowest BCUT2D eigenvalue weighted by Crippen LogP contribution is -2.38. The molecule has 0 fully saturated rings. The van der Waals surface area contributed by atoms with Crippen LogP contribution in [0.3, 0.4) is 0 Å². The highest BCUT2D eigenvalue weighted by Gasteiger charge is 2.43. The monoisotopic (exact) mass is 1580 g/mol. The van der Waals surface area contributed by atoms with Crippen molar-refractivity contribution in [1.29, 1.82) is 0 Å². The van der Waals surface area contributed by atoms with Crippen LogP contribution in [0, 0.1) is 7.14 Å². The number of nitrogens with one attached hydrogen (secondary N) is 2. The van der Waals surface area contributed by atoms with E-state index in [9.17, 15) is 0 Å². The summed E-state index contributed by atoms with van der Waals surface area (Å²) in [5.41, 5.74) is 11.9. The van der Waals surface area contributed by atoms with Crippen LogP contribution in [-0.2, 0) is 0 Å². The molecule has 2 N–H and O–H groups in total. The first-order valence-electron chi connectivity index (χ1n) is 41.2. The molecule has 4 aliphatic heterocycles. The van der Waals surface area contributed by atoms with E-state index >= 15 is 0 Å². The van der Waals surface area contributed by atoms with Gasteiger partial charge in [0, 0.05) is 98.7 Å². The standard InChI is InChI=1S/C90H124I2N4O4/c1-5-9-13-17-21-25-29-33-37-41-45-54-89(55-46-42-38-34-30-26-22-18-14-10-6-2)97-84-59-71-72(60-85(84)98-89)80-64-77-69-50-49-51-75(92)88(69)83(96-77)66-82-74-62-87-86(61-73(74)81(95-82)65-78-70-58-67(91)52-53-68(70)76(93-78)63-79(71)94-80)99-90(100-87,56-47-43-39-35-31-27-23-19-15-11-7-3)57-48-44-40-36-32-28-24-20-16-12-8-4/h49-53,58-66,93,96H,5-48,54-57H2,1-4H3. The van der Waals surface area contributed by atoms with Gasteiger partial charge in [0.25, 0.3) is 11.6 Å². The molecule has 10 heteroatoms. The fourth-order valence-corrected chi connectivity index (χ4v) is 17.8. The summed E-state index contributed by atoms with van der Waals surface area (Å²) in [5, 5.41) is 4.60. The van der Waals surface area contributed by atoms with Gasteiger partial charge < -0.3 is 28.9 Å². The molecular formula is C90H124I2N4O4. The molecule has 4 aromatic carbocycles. The summed E-state index contributed by atoms with van der Waals surface area (Å²) in [6.45, 7) is 9.23. The van der Waals surface area contributed by atoms with Gasteiger partial charge in [-0.15, -0.1) is 0 Å². The molecule has 0 saturated carbocycles. The Bertz CT molecular complexity index is 3810. The highest BCUT2D eigenvalue weighted by Crippen LogP contribution is 2.53. The van der Waals surface area contributed by atoms with Crippen molar-refractivity contribution in [3.8, 4) is 68.0 Å². The van der Waals surface area contributed by atoms with E-state index in [1.54, 1.807) is 0 Å². The third-order valence-electron chi connectivity index (χ3n) is 22.4. The fourth-order valence-electron chi connectivity index (χ4n) is 16.5. The largest absolute Gasteiger partial charge is 0.448 e. The maximum atomic E-state index is 7.30. The molecule has 0 atom stereocenters. The molecule has 0 aliphatic carbocycles. The Balaban J connectivity index is 0.899. The number of nitrogens with zero attached hydrogens (tertiary/aromatic N) is 2. The number of fused-ring (bicyclic) bond motifs is 22. The Kier molecular flexibility index (Phi) is 30.4. The van der Waals surface area contributed by atoms with E-state index in [0.29, 0.717) is 0 Å². The third kappa shape index (κ3) is 21.0. The number of aromatic nitrogens is 4. The van der Waals surface area contributed by atoms with Gasteiger partial charge in [-0.3, -0.25) is 0 Å². The van der Waals surface area contributed by atoms with Crippen LogP contribution in [0.2, 0.25) is 0 Å². The van der Waals surface area contributed by atoms with Crippen molar-refractivity contribution in [3.63, 3.8) is 0 Å². The Morgan fingerprint density at radius 2 is 0.570 bits per heavy atom. The summed E-state index contributed by atoms with van der Waals surface area (Å²) in [4.78, 5) is 19.2. The van der Waals surface area contributed by atoms with Gasteiger partial charge in [0.2, 0.25) is 0 Å². The smallest absolute Gasteiger partial charge is 0.251 e. The maximum Gasteiger partial charge on any atom is 0.251 e. The van der Waals surface area contributed by atoms with Gasteiger partial charge in [0.15, 0.2) is 23.0 Å². The number of H-pyrrole nitrogens is 2. The van der Waals surface area contributed by atoms with Gasteiger partial charge in [0.1, 0.15) is 0 Å². The molecule has 11 rings (SSSR count). The average molecular weight is 1580 g/mol. The molecule has 0 radical (unpaired) electrons. The van der Waals surface area contributed by atoms with E-state index in [2.05, 4.69) is 168 Å². The molecule has 0 amide bonds. The van der Waals surface area contributed by atoms with Crippen molar-refractivity contribution in [2.24, 2.45) is 0 Å². The normalized spacial score (nSPS) is 13.9. The predicted octanol–water partition coefficient (Wildman–Crippen LogP) is 30.2. The second kappa shape index (κ2) is 39.9. The van der Waals surface area contributed by atoms with Crippen molar-refractivity contribution in [1.82, 2.24) is 19.9 Å². The molecular weight excluding hydrogens is 1450 g/mol. The van der Waals surface area contributed by atoms with Crippen LogP contribution in [0.25, 0.3) is 88.6 Å². The number of halogens is 2. The minimum absolute atomic E-state index is 0.680. The summed E-state index contributed by atoms with van der Waals surface area (Å²) in [5.74, 6) is 1.98. The molecule has 0 spiro atoms. The summed E-state index contributed by atoms with van der Waals surface area (Å²) in [6, 6.07) is 31.5. The number of benzene rings is 4. The number of hydrogen-bond acceptors (Lipinski definition) is 6. The number of aromatic amines is 2. The van der Waals surface area contributed by atoms with E-state index in [0.717, 1.165) is 158 Å². The van der Waals surface area contributed by atoms with Crippen molar-refractivity contribution in [3.05, 3.63) is 92.1 Å². The van der Waals surface area contributed by atoms with Gasteiger partial charge in [-0.1, -0.05) is 303 Å². The van der Waals surface area contributed by atoms with Crippen molar-refractivity contribution >= 4 is 88.8 Å². The minimum Gasteiger partial charge on any atom is -0.448 e. The SMILES string of the molecule is CCCCCCCCCCCCCC1(CCCCCCCCCCCCC)Oc2cc3c(cc2O1)-c1cc2[nH]c(cc4nc(cc5[nH]c(cc-3n1)c1ccc(I)cc51)-c1cc3c(cc1-4)OC(CCCCCCCCCCCCC)(CCCCCCCCCCCCC)O3)c1c(I)cccc21. The predicted molar refractivity (Wildman–Crippen MR) is 443 cm³/mol. The lowest BCUT2D eigenvalue weighted by molar-refractivity contribution is -0.0953. The molecule has 0 unspecified atom stereocenters. The number of ether oxygens (including phenoxy) is 4. The van der Waals surface area contributed by atoms with E-state index in [1.165, 1.54) is 269 Å². The zero-order valence-electron chi connectivity index (χ0n) is 62.3. The number of rotatable bonds is 48. The van der Waals surface area contributed by atoms with E-state index in [4.69, 9.17) is 28.9 Å². The Morgan fingerprint density at radius 1 is 0.290 bits per heavy atom. The Labute approximate surface area is 630 Å². The van der Waals surface area contributed by atoms with Crippen LogP contribution in [0.15, 0.2) is 84.9 Å². The molecule has 0 saturated heterocycles. The first-order valence-corrected chi connectivity index (χ1v) is 43.4. The highest BCUT2D eigenvalue weighted by atomic mass is 127. The summed E-state index contributed by atoms with van der Waals surface area (Å²) < 4.78 is 31.5. The summed E-state index contributed by atoms with van der Waals surface area (Å²) in [6.07, 6.45) is 61.5. The molecule has 8 nitrogen and oxygen atoms in total. The maximum absolute atomic E-state index is 7.30. The molecule has 3 aromatic heterocycles. The van der Waals surface area contributed by atoms with Gasteiger partial charge in [0.05, 0.1) is 22.8 Å². The second-order valence-electron chi connectivity index (χ2n) is 30.7. The van der Waals surface area contributed by atoms with Crippen LogP contribution in [0.4, 0.5) is 0 Å². The Hall–Kier alpha value is -4.82. The zero-order valence-corrected chi connectivity index (χ0v) is 66.6. The summed E-state index contributed by atoms with van der Waals surface area (Å²) >= 11 is 4.99. The molecule has 542 valence electrons. The lowest BCUT2D eigenvalue weighted by Gasteiger charge is -2.28. The first kappa shape index (κ1) is 76.3. The number of unbranched alkanes of at least 4 members (excludes halogenated alkanes) is 40. The van der Waals surface area contributed by atoms with Crippen LogP contribution in [-0.4, -0.2) is 31.5 Å². The van der Waals surface area contributed by atoms with Crippen molar-refractivity contribution in [2.45, 2.75) is 347 Å². The van der Waals surface area contributed by atoms with Crippen LogP contribution >= 0.6 is 45.2 Å². The van der Waals surface area contributed by atoms with E-state index in [-0.39, 0.29) is 0 Å². The van der Waals surface area contributed by atoms with Gasteiger partial charge >= 0.3 is 0 Å². The van der Waals surface area contributed by atoms with E-state index in [1.807, 2.05) is 0 Å². The average Bonchev–Trinajstić information content (AvgIpc) is 1.59. The van der Waals surface area contributed by atoms with Crippen LogP contribution in [0.5, 0.6) is 23.0 Å². The Morgan fingerprint density at radius 3 is 0.900 bits per heavy atom. The fraction of sp³-hybridized carbons (Fsp3) is 0.600. The quantitative estimate of drug-likeness (QED) is 0.0291. The zero-order chi connectivity index (χ0) is 69.2. The van der Waals surface area contributed by atoms with Gasteiger partial charge in [-0.05, 0) is 138 Å². The van der Waals surface area contributed by atoms with Gasteiger partial charge in [-0.2, -0.15) is 0 Å². The number of hydrogen-bond donors (Lipinski definition) is 2. The first-order chi connectivity index (χ1) is 49.2. The van der Waals surface area contributed by atoms with E-state index < -0.39 is 11.6 Å². The molecule has 100 heavy (non-hydrogen) atoms. The molecule has 7 aromatic rings. The van der Waals surface area contributed by atoms with Gasteiger partial charge in [-0.25, -0.2) is 9.97 Å². The second-order valence-corrected chi connectivity index (χ2v) is 33.1. The molecule has 8 bridgehead atoms. The van der Waals surface area contributed by atoms with Crippen LogP contribution in [0.1, 0.15) is 336 Å². The molecule has 4 aliphatic rings.